The van der Waals surface area contributed by atoms with Gasteiger partial charge in [0.2, 0.25) is 0 Å². The lowest BCUT2D eigenvalue weighted by atomic mass is 9.98. The molecule has 1 aromatic heterocycles. The van der Waals surface area contributed by atoms with Gasteiger partial charge in [-0.25, -0.2) is 4.98 Å². The van der Waals surface area contributed by atoms with Crippen LogP contribution in [0.2, 0.25) is 5.02 Å². The van der Waals surface area contributed by atoms with Crippen molar-refractivity contribution in [3.05, 3.63) is 69.4 Å². The number of aromatic nitrogens is 1. The highest BCUT2D eigenvalue weighted by atomic mass is 35.5. The summed E-state index contributed by atoms with van der Waals surface area (Å²) in [6, 6.07) is 12.8. The van der Waals surface area contributed by atoms with E-state index in [1.165, 1.54) is 6.20 Å². The number of pyridine rings is 1. The molecular formula is C16H11ClN2O2. The van der Waals surface area contributed by atoms with Gasteiger partial charge in [0.25, 0.3) is 5.69 Å². The molecule has 4 nitrogen and oxygen atoms in total. The van der Waals surface area contributed by atoms with Crippen LogP contribution in [-0.2, 0) is 0 Å². The Bertz CT molecular complexity index is 862. The lowest BCUT2D eigenvalue weighted by Crippen LogP contribution is -1.96. The molecule has 0 saturated heterocycles. The van der Waals surface area contributed by atoms with E-state index >= 15 is 0 Å². The third-order valence-corrected chi connectivity index (χ3v) is 3.67. The second-order valence-electron chi connectivity index (χ2n) is 4.78. The van der Waals surface area contributed by atoms with Crippen molar-refractivity contribution in [3.63, 3.8) is 0 Å². The molecule has 21 heavy (non-hydrogen) atoms. The van der Waals surface area contributed by atoms with Crippen LogP contribution in [0.5, 0.6) is 0 Å². The molecule has 0 aliphatic rings. The minimum absolute atomic E-state index is 0.0406. The van der Waals surface area contributed by atoms with E-state index in [-0.39, 0.29) is 5.69 Å². The molecule has 0 atom stereocenters. The minimum atomic E-state index is -0.423. The molecule has 1 heterocycles. The zero-order chi connectivity index (χ0) is 15.0. The van der Waals surface area contributed by atoms with Crippen molar-refractivity contribution in [2.45, 2.75) is 6.92 Å². The van der Waals surface area contributed by atoms with Gasteiger partial charge in [-0.15, -0.1) is 0 Å². The standard InChI is InChI=1S/C16H11ClN2O2/c1-10-6-7-14-12(8-10)16(15(9-18-14)19(20)21)11-4-2-3-5-13(11)17/h2-9H,1H3. The van der Waals surface area contributed by atoms with E-state index in [1.807, 2.05) is 31.2 Å². The van der Waals surface area contributed by atoms with E-state index in [4.69, 9.17) is 11.6 Å². The molecule has 2 aromatic carbocycles. The Hall–Kier alpha value is -2.46. The maximum atomic E-state index is 11.4. The first kappa shape index (κ1) is 13.5. The van der Waals surface area contributed by atoms with Gasteiger partial charge in [0, 0.05) is 16.0 Å². The Balaban J connectivity index is 2.47. The number of hydrogen-bond donors (Lipinski definition) is 0. The van der Waals surface area contributed by atoms with Crippen LogP contribution in [0.25, 0.3) is 22.0 Å². The van der Waals surface area contributed by atoms with E-state index in [1.54, 1.807) is 18.2 Å². The average Bonchev–Trinajstić information content (AvgIpc) is 2.46. The monoisotopic (exact) mass is 298 g/mol. The maximum absolute atomic E-state index is 11.4. The summed E-state index contributed by atoms with van der Waals surface area (Å²) < 4.78 is 0. The van der Waals surface area contributed by atoms with E-state index < -0.39 is 4.92 Å². The Labute approximate surface area is 126 Å². The fourth-order valence-corrected chi connectivity index (χ4v) is 2.61. The first-order chi connectivity index (χ1) is 10.1. The predicted octanol–water partition coefficient (Wildman–Crippen LogP) is 4.77. The van der Waals surface area contributed by atoms with Crippen molar-refractivity contribution in [2.24, 2.45) is 0 Å². The zero-order valence-electron chi connectivity index (χ0n) is 11.2. The van der Waals surface area contributed by atoms with Crippen molar-refractivity contribution in [3.8, 4) is 11.1 Å². The van der Waals surface area contributed by atoms with Gasteiger partial charge in [0.15, 0.2) is 0 Å². The highest BCUT2D eigenvalue weighted by molar-refractivity contribution is 6.34. The Morgan fingerprint density at radius 2 is 1.95 bits per heavy atom. The van der Waals surface area contributed by atoms with E-state index in [0.29, 0.717) is 21.7 Å². The summed E-state index contributed by atoms with van der Waals surface area (Å²) >= 11 is 6.23. The lowest BCUT2D eigenvalue weighted by molar-refractivity contribution is -0.384. The van der Waals surface area contributed by atoms with Crippen LogP contribution in [0.4, 0.5) is 5.69 Å². The molecule has 0 saturated carbocycles. The van der Waals surface area contributed by atoms with Crippen molar-refractivity contribution >= 4 is 28.2 Å². The van der Waals surface area contributed by atoms with Crippen LogP contribution in [-0.4, -0.2) is 9.91 Å². The summed E-state index contributed by atoms with van der Waals surface area (Å²) in [6.45, 7) is 1.94. The van der Waals surface area contributed by atoms with Gasteiger partial charge in [-0.05, 0) is 25.1 Å². The summed E-state index contributed by atoms with van der Waals surface area (Å²) in [5.41, 5.74) is 2.84. The van der Waals surface area contributed by atoms with Crippen molar-refractivity contribution < 1.29 is 4.92 Å². The predicted molar refractivity (Wildman–Crippen MR) is 83.6 cm³/mol. The molecule has 3 aromatic rings. The molecule has 3 rings (SSSR count). The Kier molecular flexibility index (Phi) is 3.31. The minimum Gasteiger partial charge on any atom is -0.258 e. The molecule has 0 fully saturated rings. The summed E-state index contributed by atoms with van der Waals surface area (Å²) in [5, 5.41) is 12.6. The van der Waals surface area contributed by atoms with Gasteiger partial charge in [0.05, 0.1) is 16.0 Å². The molecule has 0 aliphatic carbocycles. The van der Waals surface area contributed by atoms with Crippen LogP contribution in [0.1, 0.15) is 5.56 Å². The van der Waals surface area contributed by atoms with Gasteiger partial charge in [0.1, 0.15) is 6.20 Å². The van der Waals surface area contributed by atoms with E-state index in [9.17, 15) is 10.1 Å². The number of aryl methyl sites for hydroxylation is 1. The van der Waals surface area contributed by atoms with E-state index in [0.717, 1.165) is 10.9 Å². The average molecular weight is 299 g/mol. The van der Waals surface area contributed by atoms with Gasteiger partial charge in [-0.1, -0.05) is 41.4 Å². The van der Waals surface area contributed by atoms with E-state index in [2.05, 4.69) is 4.98 Å². The highest BCUT2D eigenvalue weighted by Crippen LogP contribution is 2.39. The number of benzene rings is 2. The van der Waals surface area contributed by atoms with Gasteiger partial charge in [-0.3, -0.25) is 10.1 Å². The fourth-order valence-electron chi connectivity index (χ4n) is 2.38. The summed E-state index contributed by atoms with van der Waals surface area (Å²) in [6.07, 6.45) is 1.29. The molecule has 0 unspecified atom stereocenters. The molecular weight excluding hydrogens is 288 g/mol. The van der Waals surface area contributed by atoms with Crippen molar-refractivity contribution in [1.29, 1.82) is 0 Å². The lowest BCUT2D eigenvalue weighted by Gasteiger charge is -2.09. The van der Waals surface area contributed by atoms with Crippen LogP contribution in [0, 0.1) is 17.0 Å². The molecule has 0 radical (unpaired) electrons. The third-order valence-electron chi connectivity index (χ3n) is 3.34. The number of fused-ring (bicyclic) bond motifs is 1. The highest BCUT2D eigenvalue weighted by Gasteiger charge is 2.21. The first-order valence-corrected chi connectivity index (χ1v) is 6.74. The maximum Gasteiger partial charge on any atom is 0.296 e. The third kappa shape index (κ3) is 2.34. The second-order valence-corrected chi connectivity index (χ2v) is 5.18. The second kappa shape index (κ2) is 5.14. The van der Waals surface area contributed by atoms with Crippen LogP contribution in [0.3, 0.4) is 0 Å². The number of nitrogens with zero attached hydrogens (tertiary/aromatic N) is 2. The van der Waals surface area contributed by atoms with Crippen molar-refractivity contribution in [2.75, 3.05) is 0 Å². The summed E-state index contributed by atoms with van der Waals surface area (Å²) in [5.74, 6) is 0. The topological polar surface area (TPSA) is 56.0 Å². The number of hydrogen-bond acceptors (Lipinski definition) is 3. The van der Waals surface area contributed by atoms with Crippen molar-refractivity contribution in [1.82, 2.24) is 4.98 Å². The fraction of sp³-hybridized carbons (Fsp3) is 0.0625. The van der Waals surface area contributed by atoms with Gasteiger partial charge < -0.3 is 0 Å². The Morgan fingerprint density at radius 1 is 1.19 bits per heavy atom. The number of halogens is 1. The Morgan fingerprint density at radius 3 is 2.67 bits per heavy atom. The summed E-state index contributed by atoms with van der Waals surface area (Å²) in [4.78, 5) is 15.1. The smallest absolute Gasteiger partial charge is 0.258 e. The molecule has 0 aliphatic heterocycles. The summed E-state index contributed by atoms with van der Waals surface area (Å²) in [7, 11) is 0. The van der Waals surface area contributed by atoms with Crippen LogP contribution < -0.4 is 0 Å². The quantitative estimate of drug-likeness (QED) is 0.505. The first-order valence-electron chi connectivity index (χ1n) is 6.36. The molecule has 0 N–H and O–H groups in total. The van der Waals surface area contributed by atoms with Gasteiger partial charge >= 0.3 is 0 Å². The van der Waals surface area contributed by atoms with Gasteiger partial charge in [-0.2, -0.15) is 0 Å². The van der Waals surface area contributed by atoms with Crippen LogP contribution >= 0.6 is 11.6 Å². The zero-order valence-corrected chi connectivity index (χ0v) is 12.0. The molecule has 104 valence electrons. The molecule has 0 amide bonds. The number of nitro groups is 1. The SMILES string of the molecule is Cc1ccc2ncc([N+](=O)[O-])c(-c3ccccc3Cl)c2c1. The van der Waals surface area contributed by atoms with Crippen LogP contribution in [0.15, 0.2) is 48.7 Å². The molecule has 0 spiro atoms. The molecule has 0 bridgehead atoms. The molecule has 5 heteroatoms. The normalized spacial score (nSPS) is 10.8. The number of rotatable bonds is 2. The largest absolute Gasteiger partial charge is 0.296 e.